The Morgan fingerprint density at radius 3 is 2.88 bits per heavy atom. The molecule has 136 valence electrons. The molecule has 1 saturated heterocycles. The van der Waals surface area contributed by atoms with E-state index < -0.39 is 23.0 Å². The number of nitrogens with one attached hydrogen (secondary N) is 1. The maximum Gasteiger partial charge on any atom is 0.422 e. The molecular weight excluding hydrogens is 347 g/mol. The van der Waals surface area contributed by atoms with Crippen LogP contribution in [0.2, 0.25) is 0 Å². The molecule has 1 aliphatic heterocycles. The maximum absolute atomic E-state index is 12.3. The summed E-state index contributed by atoms with van der Waals surface area (Å²) in [4.78, 5) is 3.68. The summed E-state index contributed by atoms with van der Waals surface area (Å²) in [5.41, 5.74) is 0.468. The van der Waals surface area contributed by atoms with Gasteiger partial charge in [-0.05, 0) is 30.4 Å². The van der Waals surface area contributed by atoms with E-state index in [-0.39, 0.29) is 12.4 Å². The minimum Gasteiger partial charge on any atom is -0.468 e. The van der Waals surface area contributed by atoms with Crippen molar-refractivity contribution in [3.63, 3.8) is 0 Å². The van der Waals surface area contributed by atoms with Crippen LogP contribution in [0.3, 0.4) is 0 Å². The fraction of sp³-hybridized carbons (Fsp3) is 0.643. The van der Waals surface area contributed by atoms with Gasteiger partial charge in [0.15, 0.2) is 6.61 Å². The van der Waals surface area contributed by atoms with Gasteiger partial charge in [0.1, 0.15) is 0 Å². The zero-order valence-electron chi connectivity index (χ0n) is 13.2. The molecule has 0 saturated carbocycles. The smallest absolute Gasteiger partial charge is 0.422 e. The molecule has 0 aromatic carbocycles. The summed E-state index contributed by atoms with van der Waals surface area (Å²) >= 11 is 0. The van der Waals surface area contributed by atoms with Gasteiger partial charge in [-0.25, -0.2) is 4.98 Å². The summed E-state index contributed by atoms with van der Waals surface area (Å²) in [6.45, 7) is 1.44. The van der Waals surface area contributed by atoms with E-state index in [0.29, 0.717) is 24.6 Å². The van der Waals surface area contributed by atoms with E-state index in [1.54, 1.807) is 0 Å². The molecule has 1 aromatic rings. The van der Waals surface area contributed by atoms with Gasteiger partial charge in [-0.2, -0.15) is 30.6 Å². The van der Waals surface area contributed by atoms with Crippen LogP contribution in [0.25, 0.3) is 0 Å². The molecule has 1 fully saturated rings. The standard InChI is InChI=1S/C14H20F3N3O3S/c1-11-3-2-6-20(9-11)24(21,22)19-8-12-4-5-18-13(7-12)23-10-14(15,16)17/h4-5,7,11,19H,2-3,6,8-10H2,1H3/t11-/m0/s1. The highest BCUT2D eigenvalue weighted by molar-refractivity contribution is 7.87. The minimum atomic E-state index is -4.45. The Labute approximate surface area is 139 Å². The normalized spacial score (nSPS) is 20.1. The molecule has 0 radical (unpaired) electrons. The van der Waals surface area contributed by atoms with Crippen molar-refractivity contribution in [2.75, 3.05) is 19.7 Å². The molecule has 10 heteroatoms. The van der Waals surface area contributed by atoms with Crippen LogP contribution in [0.1, 0.15) is 25.3 Å². The lowest BCUT2D eigenvalue weighted by Gasteiger charge is -2.30. The third kappa shape index (κ3) is 5.91. The first-order valence-corrected chi connectivity index (χ1v) is 8.99. The van der Waals surface area contributed by atoms with Crippen molar-refractivity contribution in [2.24, 2.45) is 5.92 Å². The average molecular weight is 367 g/mol. The monoisotopic (exact) mass is 367 g/mol. The number of ether oxygens (including phenoxy) is 1. The molecule has 0 spiro atoms. The molecule has 0 aliphatic carbocycles. The summed E-state index contributed by atoms with van der Waals surface area (Å²) in [6.07, 6.45) is -1.37. The zero-order chi connectivity index (χ0) is 17.8. The summed E-state index contributed by atoms with van der Waals surface area (Å²) in [7, 11) is -3.62. The molecule has 0 amide bonds. The first kappa shape index (κ1) is 18.9. The van der Waals surface area contributed by atoms with E-state index in [9.17, 15) is 21.6 Å². The van der Waals surface area contributed by atoms with Crippen LogP contribution in [0.15, 0.2) is 18.3 Å². The quantitative estimate of drug-likeness (QED) is 0.836. The van der Waals surface area contributed by atoms with Gasteiger partial charge in [0, 0.05) is 31.9 Å². The van der Waals surface area contributed by atoms with Gasteiger partial charge in [0.2, 0.25) is 5.88 Å². The number of hydrogen-bond donors (Lipinski definition) is 1. The molecule has 0 bridgehead atoms. The van der Waals surface area contributed by atoms with Crippen molar-refractivity contribution in [1.82, 2.24) is 14.0 Å². The number of hydrogen-bond acceptors (Lipinski definition) is 4. The van der Waals surface area contributed by atoms with Gasteiger partial charge in [0.25, 0.3) is 10.2 Å². The molecule has 1 atom stereocenters. The van der Waals surface area contributed by atoms with E-state index in [1.165, 1.54) is 22.6 Å². The Morgan fingerprint density at radius 2 is 2.21 bits per heavy atom. The topological polar surface area (TPSA) is 71.5 Å². The van der Waals surface area contributed by atoms with Gasteiger partial charge in [-0.15, -0.1) is 0 Å². The molecule has 1 aromatic heterocycles. The largest absolute Gasteiger partial charge is 0.468 e. The van der Waals surface area contributed by atoms with Gasteiger partial charge in [0.05, 0.1) is 0 Å². The van der Waals surface area contributed by atoms with Crippen LogP contribution < -0.4 is 9.46 Å². The van der Waals surface area contributed by atoms with Crippen molar-refractivity contribution in [3.8, 4) is 5.88 Å². The Balaban J connectivity index is 1.93. The number of nitrogens with zero attached hydrogens (tertiary/aromatic N) is 2. The van der Waals surface area contributed by atoms with Gasteiger partial charge in [-0.1, -0.05) is 6.92 Å². The van der Waals surface area contributed by atoms with Crippen LogP contribution in [0.5, 0.6) is 5.88 Å². The van der Waals surface area contributed by atoms with Crippen molar-refractivity contribution in [1.29, 1.82) is 0 Å². The van der Waals surface area contributed by atoms with Crippen LogP contribution in [0.4, 0.5) is 13.2 Å². The Kier molecular flexibility index (Phi) is 6.05. The second-order valence-electron chi connectivity index (χ2n) is 5.84. The number of pyridine rings is 1. The highest BCUT2D eigenvalue weighted by atomic mass is 32.2. The Bertz CT molecular complexity index is 652. The van der Waals surface area contributed by atoms with Gasteiger partial charge in [-0.3, -0.25) is 0 Å². The summed E-state index contributed by atoms with van der Waals surface area (Å²) in [5.74, 6) is 0.106. The molecular formula is C14H20F3N3O3S. The molecule has 2 heterocycles. The predicted molar refractivity (Wildman–Crippen MR) is 81.5 cm³/mol. The fourth-order valence-electron chi connectivity index (χ4n) is 2.43. The number of alkyl halides is 3. The molecule has 24 heavy (non-hydrogen) atoms. The summed E-state index contributed by atoms with van der Waals surface area (Å²) < 4.78 is 69.3. The molecule has 1 aliphatic rings. The molecule has 2 rings (SSSR count). The van der Waals surface area contributed by atoms with E-state index in [4.69, 9.17) is 0 Å². The van der Waals surface area contributed by atoms with Crippen molar-refractivity contribution in [2.45, 2.75) is 32.5 Å². The van der Waals surface area contributed by atoms with Crippen LogP contribution >= 0.6 is 0 Å². The van der Waals surface area contributed by atoms with E-state index in [2.05, 4.69) is 14.4 Å². The maximum atomic E-state index is 12.3. The lowest BCUT2D eigenvalue weighted by Crippen LogP contribution is -2.45. The van der Waals surface area contributed by atoms with Crippen LogP contribution in [0, 0.1) is 5.92 Å². The zero-order valence-corrected chi connectivity index (χ0v) is 14.0. The highest BCUT2D eigenvalue weighted by Gasteiger charge is 2.29. The lowest BCUT2D eigenvalue weighted by atomic mass is 10.0. The summed E-state index contributed by atoms with van der Waals surface area (Å²) in [6, 6.07) is 2.80. The molecule has 0 unspecified atom stereocenters. The lowest BCUT2D eigenvalue weighted by molar-refractivity contribution is -0.154. The Morgan fingerprint density at radius 1 is 1.46 bits per heavy atom. The van der Waals surface area contributed by atoms with Gasteiger partial charge < -0.3 is 4.74 Å². The fourth-order valence-corrected chi connectivity index (χ4v) is 3.78. The van der Waals surface area contributed by atoms with E-state index >= 15 is 0 Å². The third-order valence-electron chi connectivity index (χ3n) is 3.60. The van der Waals surface area contributed by atoms with Crippen molar-refractivity contribution in [3.05, 3.63) is 23.9 Å². The van der Waals surface area contributed by atoms with Crippen molar-refractivity contribution >= 4 is 10.2 Å². The number of rotatable bonds is 6. The second-order valence-corrected chi connectivity index (χ2v) is 7.59. The number of halogens is 3. The summed E-state index contributed by atoms with van der Waals surface area (Å²) in [5, 5.41) is 0. The first-order chi connectivity index (χ1) is 11.2. The average Bonchev–Trinajstić information content (AvgIpc) is 2.51. The third-order valence-corrected chi connectivity index (χ3v) is 5.12. The number of aromatic nitrogens is 1. The Hall–Kier alpha value is -1.39. The SMILES string of the molecule is C[C@H]1CCCN(S(=O)(=O)NCc2ccnc(OCC(F)(F)F)c2)C1. The highest BCUT2D eigenvalue weighted by Crippen LogP contribution is 2.19. The number of piperidine rings is 1. The minimum absolute atomic E-state index is 0.0435. The molecule has 6 nitrogen and oxygen atoms in total. The van der Waals surface area contributed by atoms with Crippen molar-refractivity contribution < 1.29 is 26.3 Å². The van der Waals surface area contributed by atoms with Gasteiger partial charge >= 0.3 is 6.18 Å². The van der Waals surface area contributed by atoms with E-state index in [1.807, 2.05) is 6.92 Å². The first-order valence-electron chi connectivity index (χ1n) is 7.55. The van der Waals surface area contributed by atoms with Crippen LogP contribution in [-0.4, -0.2) is 43.6 Å². The van der Waals surface area contributed by atoms with E-state index in [0.717, 1.165) is 12.8 Å². The second kappa shape index (κ2) is 7.66. The molecule has 1 N–H and O–H groups in total. The predicted octanol–water partition coefficient (Wildman–Crippen LogP) is 2.09. The van der Waals surface area contributed by atoms with Crippen LogP contribution in [-0.2, 0) is 16.8 Å².